The number of aryl methyl sites for hydroxylation is 4. The first-order chi connectivity index (χ1) is 15.6. The van der Waals surface area contributed by atoms with Gasteiger partial charge in [0, 0.05) is 51.2 Å². The highest BCUT2D eigenvalue weighted by molar-refractivity contribution is 7.19. The molecule has 4 heterocycles. The van der Waals surface area contributed by atoms with Gasteiger partial charge < -0.3 is 14.2 Å². The maximum absolute atomic E-state index is 12.6. The van der Waals surface area contributed by atoms with Crippen LogP contribution in [0.3, 0.4) is 0 Å². The Bertz CT molecular complexity index is 1390. The lowest BCUT2D eigenvalue weighted by atomic mass is 9.87. The van der Waals surface area contributed by atoms with Gasteiger partial charge in [-0.2, -0.15) is 0 Å². The molecule has 4 aromatic rings. The second kappa shape index (κ2) is 7.92. The SMILES string of the molecule is Cc1cc2nccn2cc1-c1c([C@H](OC(C)(C)C)C(=O)O)c(C)nc2sc3c(c12)CCCC3. The van der Waals surface area contributed by atoms with E-state index in [4.69, 9.17) is 9.72 Å². The number of pyridine rings is 2. The Morgan fingerprint density at radius 3 is 2.73 bits per heavy atom. The predicted octanol–water partition coefficient (Wildman–Crippen LogP) is 6.05. The van der Waals surface area contributed by atoms with E-state index in [1.54, 1.807) is 17.5 Å². The third-order valence-electron chi connectivity index (χ3n) is 6.30. The first kappa shape index (κ1) is 22.0. The van der Waals surface area contributed by atoms with Crippen LogP contribution in [0.5, 0.6) is 0 Å². The third kappa shape index (κ3) is 3.83. The lowest BCUT2D eigenvalue weighted by Gasteiger charge is -2.28. The molecule has 0 radical (unpaired) electrons. The van der Waals surface area contributed by atoms with Crippen molar-refractivity contribution in [1.29, 1.82) is 0 Å². The maximum Gasteiger partial charge on any atom is 0.337 e. The standard InChI is InChI=1S/C26H29N3O3S/c1-14-12-19-27-10-11-29(19)13-17(14)21-20(23(25(30)31)32-26(3,4)5)15(2)28-24-22(21)16-8-6-7-9-18(16)33-24/h10-13,23H,6-9H2,1-5H3,(H,30,31)/t23-/m0/s1. The summed E-state index contributed by atoms with van der Waals surface area (Å²) in [5, 5.41) is 11.4. The number of imidazole rings is 1. The van der Waals surface area contributed by atoms with Gasteiger partial charge in [-0.05, 0) is 77.5 Å². The van der Waals surface area contributed by atoms with Crippen molar-refractivity contribution in [2.75, 3.05) is 0 Å². The average Bonchev–Trinajstić information content (AvgIpc) is 3.33. The maximum atomic E-state index is 12.6. The summed E-state index contributed by atoms with van der Waals surface area (Å²) in [6.45, 7) is 9.64. The highest BCUT2D eigenvalue weighted by Crippen LogP contribution is 2.46. The van der Waals surface area contributed by atoms with Crippen LogP contribution in [0, 0.1) is 13.8 Å². The zero-order valence-electron chi connectivity index (χ0n) is 19.7. The molecule has 1 aliphatic carbocycles. The molecule has 1 aliphatic rings. The minimum Gasteiger partial charge on any atom is -0.479 e. The fourth-order valence-corrected chi connectivity index (χ4v) is 6.24. The van der Waals surface area contributed by atoms with Gasteiger partial charge in [0.15, 0.2) is 6.10 Å². The molecule has 7 heteroatoms. The minimum absolute atomic E-state index is 0.626. The zero-order chi connectivity index (χ0) is 23.5. The molecule has 0 aliphatic heterocycles. The predicted molar refractivity (Wildman–Crippen MR) is 131 cm³/mol. The fourth-order valence-electron chi connectivity index (χ4n) is 4.92. The largest absolute Gasteiger partial charge is 0.479 e. The molecule has 33 heavy (non-hydrogen) atoms. The second-order valence-corrected chi connectivity index (χ2v) is 11.0. The number of carboxylic acids is 1. The molecule has 1 atom stereocenters. The molecule has 0 unspecified atom stereocenters. The van der Waals surface area contributed by atoms with Crippen LogP contribution in [0.1, 0.15) is 67.0 Å². The van der Waals surface area contributed by atoms with E-state index < -0.39 is 17.7 Å². The smallest absolute Gasteiger partial charge is 0.337 e. The molecule has 0 saturated heterocycles. The molecule has 0 bridgehead atoms. The number of rotatable bonds is 4. The summed E-state index contributed by atoms with van der Waals surface area (Å²) in [4.78, 5) is 24.3. The van der Waals surface area contributed by atoms with Crippen LogP contribution in [-0.4, -0.2) is 31.0 Å². The number of hydrogen-bond donors (Lipinski definition) is 1. The molecule has 0 fully saturated rings. The average molecular weight is 464 g/mol. The number of carboxylic acid groups (broad SMARTS) is 1. The summed E-state index contributed by atoms with van der Waals surface area (Å²) in [6, 6.07) is 2.06. The van der Waals surface area contributed by atoms with Crippen LogP contribution in [0.4, 0.5) is 0 Å². The number of aromatic nitrogens is 3. The molecular formula is C26H29N3O3S. The number of hydrogen-bond acceptors (Lipinski definition) is 5. The van der Waals surface area contributed by atoms with Crippen LogP contribution in [0.2, 0.25) is 0 Å². The van der Waals surface area contributed by atoms with E-state index in [9.17, 15) is 9.90 Å². The molecule has 0 aromatic carbocycles. The molecule has 0 amide bonds. The molecule has 172 valence electrons. The van der Waals surface area contributed by atoms with E-state index in [0.717, 1.165) is 51.8 Å². The van der Waals surface area contributed by atoms with Crippen molar-refractivity contribution in [3.8, 4) is 11.1 Å². The minimum atomic E-state index is -1.12. The van der Waals surface area contributed by atoms with E-state index in [2.05, 4.69) is 24.2 Å². The van der Waals surface area contributed by atoms with Gasteiger partial charge in [-0.3, -0.25) is 0 Å². The van der Waals surface area contributed by atoms with Crippen LogP contribution in [0.25, 0.3) is 27.0 Å². The number of thiophene rings is 1. The Morgan fingerprint density at radius 2 is 2.00 bits per heavy atom. The van der Waals surface area contributed by atoms with Gasteiger partial charge in [0.2, 0.25) is 0 Å². The topological polar surface area (TPSA) is 76.7 Å². The van der Waals surface area contributed by atoms with Gasteiger partial charge in [-0.1, -0.05) is 0 Å². The Balaban J connectivity index is 1.91. The fraction of sp³-hybridized carbons (Fsp3) is 0.423. The summed E-state index contributed by atoms with van der Waals surface area (Å²) >= 11 is 1.76. The van der Waals surface area contributed by atoms with Gasteiger partial charge in [0.05, 0.1) is 5.60 Å². The van der Waals surface area contributed by atoms with E-state index >= 15 is 0 Å². The summed E-state index contributed by atoms with van der Waals surface area (Å²) in [7, 11) is 0. The third-order valence-corrected chi connectivity index (χ3v) is 7.48. The molecule has 0 saturated carbocycles. The summed E-state index contributed by atoms with van der Waals surface area (Å²) < 4.78 is 8.15. The van der Waals surface area contributed by atoms with Crippen molar-refractivity contribution in [3.05, 3.63) is 51.9 Å². The molecule has 5 rings (SSSR count). The molecular weight excluding hydrogens is 434 g/mol. The Labute approximate surface area is 197 Å². The van der Waals surface area contributed by atoms with E-state index in [1.807, 2.05) is 38.3 Å². The van der Waals surface area contributed by atoms with Crippen molar-refractivity contribution in [2.24, 2.45) is 0 Å². The highest BCUT2D eigenvalue weighted by Gasteiger charge is 2.34. The van der Waals surface area contributed by atoms with E-state index in [1.165, 1.54) is 16.9 Å². The Hall–Kier alpha value is -2.77. The number of fused-ring (bicyclic) bond motifs is 4. The van der Waals surface area contributed by atoms with Crippen molar-refractivity contribution < 1.29 is 14.6 Å². The summed E-state index contributed by atoms with van der Waals surface area (Å²) in [5.41, 5.74) is 5.93. The summed E-state index contributed by atoms with van der Waals surface area (Å²) in [5.74, 6) is -0.999. The van der Waals surface area contributed by atoms with Crippen molar-refractivity contribution in [1.82, 2.24) is 14.4 Å². The number of ether oxygens (including phenoxy) is 1. The molecule has 4 aromatic heterocycles. The lowest BCUT2D eigenvalue weighted by Crippen LogP contribution is -2.28. The van der Waals surface area contributed by atoms with Gasteiger partial charge in [-0.15, -0.1) is 11.3 Å². The lowest BCUT2D eigenvalue weighted by molar-refractivity contribution is -0.160. The van der Waals surface area contributed by atoms with E-state index in [0.29, 0.717) is 11.3 Å². The van der Waals surface area contributed by atoms with Crippen molar-refractivity contribution in [3.63, 3.8) is 0 Å². The molecule has 0 spiro atoms. The normalized spacial score (nSPS) is 15.2. The highest BCUT2D eigenvalue weighted by atomic mass is 32.1. The molecule has 6 nitrogen and oxygen atoms in total. The van der Waals surface area contributed by atoms with Crippen molar-refractivity contribution in [2.45, 2.75) is 72.0 Å². The quantitative estimate of drug-likeness (QED) is 0.399. The van der Waals surface area contributed by atoms with Gasteiger partial charge in [0.25, 0.3) is 0 Å². The second-order valence-electron chi connectivity index (χ2n) is 9.89. The molecule has 1 N–H and O–H groups in total. The number of aliphatic carboxylic acids is 1. The van der Waals surface area contributed by atoms with E-state index in [-0.39, 0.29) is 0 Å². The number of nitrogens with zero attached hydrogens (tertiary/aromatic N) is 3. The van der Waals surface area contributed by atoms with Crippen LogP contribution < -0.4 is 0 Å². The Morgan fingerprint density at radius 1 is 1.24 bits per heavy atom. The van der Waals surface area contributed by atoms with Crippen molar-refractivity contribution >= 4 is 33.2 Å². The Kier molecular flexibility index (Phi) is 5.29. The zero-order valence-corrected chi connectivity index (χ0v) is 20.5. The van der Waals surface area contributed by atoms with Gasteiger partial charge >= 0.3 is 5.97 Å². The number of carbonyl (C=O) groups is 1. The van der Waals surface area contributed by atoms with Gasteiger partial charge in [0.1, 0.15) is 10.5 Å². The van der Waals surface area contributed by atoms with Gasteiger partial charge in [-0.25, -0.2) is 14.8 Å². The summed E-state index contributed by atoms with van der Waals surface area (Å²) in [6.07, 6.45) is 9.04. The monoisotopic (exact) mass is 463 g/mol. The van der Waals surface area contributed by atoms with Crippen LogP contribution in [-0.2, 0) is 22.4 Å². The first-order valence-electron chi connectivity index (χ1n) is 11.4. The van der Waals surface area contributed by atoms with Crippen LogP contribution >= 0.6 is 11.3 Å². The first-order valence-corrected chi connectivity index (χ1v) is 12.2. The van der Waals surface area contributed by atoms with Crippen LogP contribution in [0.15, 0.2) is 24.7 Å².